The first-order valence-electron chi connectivity index (χ1n) is 11.2. The van der Waals surface area contributed by atoms with E-state index in [1.165, 1.54) is 6.07 Å². The van der Waals surface area contributed by atoms with Crippen molar-refractivity contribution >= 4 is 34.8 Å². The Kier molecular flexibility index (Phi) is 6.08. The van der Waals surface area contributed by atoms with Gasteiger partial charge in [0.25, 0.3) is 0 Å². The maximum atomic E-state index is 14.8. The fourth-order valence-electron chi connectivity index (χ4n) is 4.18. The average molecular weight is 492 g/mol. The highest BCUT2D eigenvalue weighted by atomic mass is 35.5. The molecule has 0 fully saturated rings. The van der Waals surface area contributed by atoms with Crippen LogP contribution in [-0.4, -0.2) is 33.7 Å². The number of nitrogens with zero attached hydrogens (tertiary/aromatic N) is 4. The van der Waals surface area contributed by atoms with Crippen LogP contribution in [0.25, 0.3) is 22.5 Å². The number of carbonyl (C=O) groups is 1. The Balaban J connectivity index is 1.55. The van der Waals surface area contributed by atoms with Crippen LogP contribution in [0, 0.1) is 12.7 Å². The number of amides is 2. The molecule has 0 unspecified atom stereocenters. The Morgan fingerprint density at radius 1 is 1.20 bits per heavy atom. The van der Waals surface area contributed by atoms with Crippen LogP contribution in [0.1, 0.15) is 12.5 Å². The highest BCUT2D eigenvalue weighted by molar-refractivity contribution is 6.33. The summed E-state index contributed by atoms with van der Waals surface area (Å²) in [4.78, 5) is 25.9. The van der Waals surface area contributed by atoms with Crippen LogP contribution in [0.3, 0.4) is 0 Å². The van der Waals surface area contributed by atoms with Crippen LogP contribution >= 0.6 is 11.6 Å². The Morgan fingerprint density at radius 2 is 2.00 bits per heavy atom. The van der Waals surface area contributed by atoms with Crippen LogP contribution in [-0.2, 0) is 6.54 Å². The fourth-order valence-corrected chi connectivity index (χ4v) is 4.36. The number of carbonyl (C=O) groups excluding carboxylic acids is 1. The van der Waals surface area contributed by atoms with Gasteiger partial charge in [0.1, 0.15) is 17.5 Å². The molecule has 2 amide bonds. The van der Waals surface area contributed by atoms with Crippen molar-refractivity contribution in [2.24, 2.45) is 4.99 Å². The predicted octanol–water partition coefficient (Wildman–Crippen LogP) is 5.14. The highest BCUT2D eigenvalue weighted by Gasteiger charge is 2.24. The van der Waals surface area contributed by atoms with Gasteiger partial charge in [-0.2, -0.15) is 4.98 Å². The molecule has 35 heavy (non-hydrogen) atoms. The summed E-state index contributed by atoms with van der Waals surface area (Å²) < 4.78 is 16.9. The predicted molar refractivity (Wildman–Crippen MR) is 135 cm³/mol. The van der Waals surface area contributed by atoms with E-state index in [1.54, 1.807) is 36.5 Å². The van der Waals surface area contributed by atoms with Crippen LogP contribution < -0.4 is 21.6 Å². The molecule has 0 bridgehead atoms. The monoisotopic (exact) mass is 491 g/mol. The number of pyridine rings is 1. The van der Waals surface area contributed by atoms with Crippen molar-refractivity contribution in [2.45, 2.75) is 20.4 Å². The summed E-state index contributed by atoms with van der Waals surface area (Å²) in [7, 11) is 0. The number of aryl methyl sites for hydroxylation is 1. The molecule has 0 saturated heterocycles. The minimum absolute atomic E-state index is 0.0559. The van der Waals surface area contributed by atoms with Crippen molar-refractivity contribution in [3.63, 3.8) is 0 Å². The number of halogens is 2. The number of rotatable bonds is 4. The summed E-state index contributed by atoms with van der Waals surface area (Å²) in [6.07, 6.45) is 1.75. The van der Waals surface area contributed by atoms with Gasteiger partial charge >= 0.3 is 6.03 Å². The normalized spacial score (nSPS) is 13.0. The lowest BCUT2D eigenvalue weighted by Gasteiger charge is -2.19. The Labute approximate surface area is 206 Å². The van der Waals surface area contributed by atoms with Crippen LogP contribution in [0.2, 0.25) is 5.02 Å². The number of anilines is 3. The quantitative estimate of drug-likeness (QED) is 0.368. The molecule has 178 valence electrons. The third-order valence-corrected chi connectivity index (χ3v) is 6.10. The minimum atomic E-state index is -0.594. The lowest BCUT2D eigenvalue weighted by Crippen LogP contribution is -2.20. The summed E-state index contributed by atoms with van der Waals surface area (Å²) in [6, 6.07) is 11.3. The largest absolute Gasteiger partial charge is 0.369 e. The van der Waals surface area contributed by atoms with Gasteiger partial charge in [-0.3, -0.25) is 0 Å². The topological polar surface area (TPSA) is 96.2 Å². The van der Waals surface area contributed by atoms with E-state index >= 15 is 0 Å². The molecule has 0 aliphatic carbocycles. The van der Waals surface area contributed by atoms with Gasteiger partial charge < -0.3 is 20.5 Å². The number of aromatic nitrogens is 3. The van der Waals surface area contributed by atoms with Gasteiger partial charge in [-0.25, -0.2) is 19.2 Å². The van der Waals surface area contributed by atoms with Gasteiger partial charge in [-0.1, -0.05) is 23.7 Å². The summed E-state index contributed by atoms with van der Waals surface area (Å²) in [5, 5.41) is 9.06. The number of hydrogen-bond acceptors (Lipinski definition) is 5. The van der Waals surface area contributed by atoms with E-state index in [2.05, 4.69) is 35.5 Å². The molecule has 2 aromatic rings. The highest BCUT2D eigenvalue weighted by Crippen LogP contribution is 2.39. The van der Waals surface area contributed by atoms with Crippen molar-refractivity contribution in [1.29, 1.82) is 0 Å². The fraction of sp³-hybridized carbons (Fsp3) is 0.200. The second-order valence-corrected chi connectivity index (χ2v) is 8.52. The maximum absolute atomic E-state index is 14.8. The minimum Gasteiger partial charge on any atom is -0.369 e. The molecule has 3 aliphatic heterocycles. The molecular weight excluding hydrogens is 469 g/mol. The van der Waals surface area contributed by atoms with Crippen molar-refractivity contribution in [1.82, 2.24) is 14.5 Å². The van der Waals surface area contributed by atoms with Gasteiger partial charge in [0.15, 0.2) is 0 Å². The van der Waals surface area contributed by atoms with Crippen LogP contribution in [0.5, 0.6) is 0 Å². The number of nitrogens with one attached hydrogen (secondary N) is 3. The lowest BCUT2D eigenvalue weighted by molar-refractivity contribution is 0.262. The molecule has 5 rings (SSSR count). The summed E-state index contributed by atoms with van der Waals surface area (Å²) in [6.45, 7) is 5.84. The molecule has 0 radical (unpaired) electrons. The van der Waals surface area contributed by atoms with E-state index < -0.39 is 11.8 Å². The van der Waals surface area contributed by atoms with Crippen molar-refractivity contribution in [2.75, 3.05) is 29.0 Å². The average Bonchev–Trinajstić information content (AvgIpc) is 3.33. The van der Waals surface area contributed by atoms with Crippen LogP contribution in [0.4, 0.5) is 26.4 Å². The van der Waals surface area contributed by atoms with E-state index in [4.69, 9.17) is 11.6 Å². The summed E-state index contributed by atoms with van der Waals surface area (Å²) >= 11 is 6.12. The zero-order valence-electron chi connectivity index (χ0n) is 19.2. The van der Waals surface area contributed by atoms with Crippen LogP contribution in [0.15, 0.2) is 53.7 Å². The molecule has 3 heterocycles. The zero-order valence-corrected chi connectivity index (χ0v) is 19.9. The van der Waals surface area contributed by atoms with Crippen molar-refractivity contribution in [3.8, 4) is 22.5 Å². The number of urea groups is 1. The van der Waals surface area contributed by atoms with Gasteiger partial charge in [0.2, 0.25) is 5.62 Å². The lowest BCUT2D eigenvalue weighted by atomic mass is 9.98. The molecule has 0 aromatic heterocycles. The molecule has 0 spiro atoms. The van der Waals surface area contributed by atoms with Crippen molar-refractivity contribution < 1.29 is 9.18 Å². The maximum Gasteiger partial charge on any atom is 0.323 e. The molecule has 3 aliphatic rings. The SMILES string of the molecule is CCN=c1ncc2cc(-c3cc(NC(=O)Nc4ccccc4Cl)c(F)cc3C)c3n(c-2n1)CCN3. The third kappa shape index (κ3) is 4.42. The second kappa shape index (κ2) is 9.34. The second-order valence-electron chi connectivity index (χ2n) is 8.11. The molecule has 10 heteroatoms. The van der Waals surface area contributed by atoms with Crippen molar-refractivity contribution in [3.05, 3.63) is 70.7 Å². The third-order valence-electron chi connectivity index (χ3n) is 5.77. The Hall–Kier alpha value is -3.98. The van der Waals surface area contributed by atoms with E-state index in [0.717, 1.165) is 47.0 Å². The molecule has 8 nitrogen and oxygen atoms in total. The van der Waals surface area contributed by atoms with E-state index in [1.807, 2.05) is 19.9 Å². The van der Waals surface area contributed by atoms with E-state index in [-0.39, 0.29) is 5.69 Å². The summed E-state index contributed by atoms with van der Waals surface area (Å²) in [5.41, 5.74) is 4.16. The first-order valence-corrected chi connectivity index (χ1v) is 11.6. The Bertz CT molecular complexity index is 1480. The molecular formula is C25H23ClFN7O. The summed E-state index contributed by atoms with van der Waals surface area (Å²) in [5.74, 6) is 1.13. The van der Waals surface area contributed by atoms with E-state index in [9.17, 15) is 9.18 Å². The molecule has 0 atom stereocenters. The first kappa shape index (κ1) is 22.8. The molecule has 2 aromatic carbocycles. The van der Waals surface area contributed by atoms with Gasteiger partial charge in [0, 0.05) is 37.0 Å². The van der Waals surface area contributed by atoms with Gasteiger partial charge in [-0.05, 0) is 55.3 Å². The number of fused-ring (bicyclic) bond motifs is 3. The standard InChI is InChI=1S/C25H23ClFN7O/c1-3-28-24-30-13-15-11-17(23-29-8-9-34(23)22(15)33-24)16-12-21(19(27)10-14(16)2)32-25(35)31-20-7-5-4-6-18(20)26/h4-7,10-13,29H,3,8-9H2,1-2H3,(H2,31,32,35). The first-order chi connectivity index (χ1) is 16.9. The Morgan fingerprint density at radius 3 is 2.80 bits per heavy atom. The smallest absolute Gasteiger partial charge is 0.323 e. The molecule has 0 saturated carbocycles. The zero-order chi connectivity index (χ0) is 24.5. The van der Waals surface area contributed by atoms with Gasteiger partial charge in [0.05, 0.1) is 16.4 Å². The number of hydrogen-bond donors (Lipinski definition) is 3. The molecule has 3 N–H and O–H groups in total. The number of benzene rings is 2. The van der Waals surface area contributed by atoms with E-state index in [0.29, 0.717) is 22.9 Å². The number of para-hydroxylation sites is 1. The van der Waals surface area contributed by atoms with Gasteiger partial charge in [-0.15, -0.1) is 0 Å².